The van der Waals surface area contributed by atoms with E-state index in [9.17, 15) is 4.79 Å². The van der Waals surface area contributed by atoms with Crippen LogP contribution in [0.4, 0.5) is 0 Å². The first-order chi connectivity index (χ1) is 10.2. The molecule has 0 aromatic carbocycles. The van der Waals surface area contributed by atoms with Gasteiger partial charge in [0.25, 0.3) is 0 Å². The molecule has 1 aromatic heterocycles. The van der Waals surface area contributed by atoms with E-state index < -0.39 is 5.97 Å². The minimum Gasteiger partial charge on any atom is -0.480 e. The van der Waals surface area contributed by atoms with Crippen LogP contribution in [0.1, 0.15) is 32.0 Å². The first-order valence-electron chi connectivity index (χ1n) is 7.60. The lowest BCUT2D eigenvalue weighted by Gasteiger charge is -2.20. The number of carboxylic acid groups (broad SMARTS) is 1. The lowest BCUT2D eigenvalue weighted by Crippen LogP contribution is -2.34. The highest BCUT2D eigenvalue weighted by atomic mass is 16.4. The Morgan fingerprint density at radius 2 is 2.00 bits per heavy atom. The summed E-state index contributed by atoms with van der Waals surface area (Å²) in [6, 6.07) is 0. The molecule has 8 nitrogen and oxygen atoms in total. The smallest absolute Gasteiger partial charge is 0.317 e. The van der Waals surface area contributed by atoms with Crippen LogP contribution in [0.15, 0.2) is 0 Å². The van der Waals surface area contributed by atoms with Gasteiger partial charge in [-0.1, -0.05) is 13.3 Å². The monoisotopic (exact) mass is 296 g/mol. The predicted molar refractivity (Wildman–Crippen MR) is 76.7 cm³/mol. The minimum atomic E-state index is -0.757. The Kier molecular flexibility index (Phi) is 6.06. The number of hydrogen-bond acceptors (Lipinski definition) is 6. The number of tetrazole rings is 1. The van der Waals surface area contributed by atoms with Crippen molar-refractivity contribution >= 4 is 5.97 Å². The van der Waals surface area contributed by atoms with Crippen LogP contribution in [-0.2, 0) is 17.9 Å². The third-order valence-electron chi connectivity index (χ3n) is 3.73. The molecule has 1 aromatic rings. The number of carbonyl (C=O) groups is 1. The summed E-state index contributed by atoms with van der Waals surface area (Å²) in [6.07, 6.45) is 3.17. The highest BCUT2D eigenvalue weighted by molar-refractivity contribution is 5.69. The fourth-order valence-corrected chi connectivity index (χ4v) is 2.55. The molecule has 0 aliphatic carbocycles. The van der Waals surface area contributed by atoms with Gasteiger partial charge >= 0.3 is 5.97 Å². The van der Waals surface area contributed by atoms with Gasteiger partial charge in [0.15, 0.2) is 5.82 Å². The maximum absolute atomic E-state index is 10.8. The zero-order valence-electron chi connectivity index (χ0n) is 12.6. The fourth-order valence-electron chi connectivity index (χ4n) is 2.55. The fraction of sp³-hybridized carbons (Fsp3) is 0.846. The summed E-state index contributed by atoms with van der Waals surface area (Å²) < 4.78 is 1.88. The van der Waals surface area contributed by atoms with E-state index in [0.717, 1.165) is 64.4 Å². The summed E-state index contributed by atoms with van der Waals surface area (Å²) in [5.41, 5.74) is 0. The standard InChI is InChI=1S/C13H24N6O2/c1-2-3-7-19-12(14-15-16-19)10-17-5-4-6-18(9-8-17)11-13(20)21/h2-11H2,1H3,(H,20,21). The van der Waals surface area contributed by atoms with Gasteiger partial charge in [-0.2, -0.15) is 0 Å². The lowest BCUT2D eigenvalue weighted by molar-refractivity contribution is -0.138. The molecular weight excluding hydrogens is 272 g/mol. The molecule has 1 aliphatic rings. The van der Waals surface area contributed by atoms with Crippen molar-refractivity contribution in [2.24, 2.45) is 0 Å². The zero-order valence-corrected chi connectivity index (χ0v) is 12.6. The molecule has 0 bridgehead atoms. The van der Waals surface area contributed by atoms with Crippen molar-refractivity contribution in [3.05, 3.63) is 5.82 Å². The van der Waals surface area contributed by atoms with E-state index in [0.29, 0.717) is 0 Å². The summed E-state index contributed by atoms with van der Waals surface area (Å²) in [7, 11) is 0. The van der Waals surface area contributed by atoms with Gasteiger partial charge in [-0.3, -0.25) is 14.6 Å². The summed E-state index contributed by atoms with van der Waals surface area (Å²) in [5.74, 6) is 0.141. The van der Waals surface area contributed by atoms with Crippen LogP contribution in [0.2, 0.25) is 0 Å². The van der Waals surface area contributed by atoms with Crippen molar-refractivity contribution in [2.45, 2.75) is 39.3 Å². The van der Waals surface area contributed by atoms with Gasteiger partial charge in [-0.15, -0.1) is 5.10 Å². The number of aromatic nitrogens is 4. The van der Waals surface area contributed by atoms with Gasteiger partial charge in [0, 0.05) is 26.2 Å². The quantitative estimate of drug-likeness (QED) is 0.761. The first-order valence-corrected chi connectivity index (χ1v) is 7.60. The van der Waals surface area contributed by atoms with E-state index in [2.05, 4.69) is 27.3 Å². The molecule has 1 saturated heterocycles. The highest BCUT2D eigenvalue weighted by Gasteiger charge is 2.18. The van der Waals surface area contributed by atoms with Gasteiger partial charge in [-0.25, -0.2) is 4.68 Å². The number of rotatable bonds is 7. The number of unbranched alkanes of at least 4 members (excludes halogenated alkanes) is 1. The minimum absolute atomic E-state index is 0.127. The second-order valence-electron chi connectivity index (χ2n) is 5.47. The van der Waals surface area contributed by atoms with E-state index in [1.807, 2.05) is 9.58 Å². The maximum atomic E-state index is 10.8. The van der Waals surface area contributed by atoms with Crippen LogP contribution >= 0.6 is 0 Å². The Hall–Kier alpha value is -1.54. The van der Waals surface area contributed by atoms with E-state index in [1.54, 1.807) is 0 Å². The SMILES string of the molecule is CCCCn1nnnc1CN1CCCN(CC(=O)O)CC1. The van der Waals surface area contributed by atoms with Crippen molar-refractivity contribution in [3.8, 4) is 0 Å². The number of aryl methyl sites for hydroxylation is 1. The van der Waals surface area contributed by atoms with Crippen LogP contribution in [0.3, 0.4) is 0 Å². The molecule has 1 aliphatic heterocycles. The summed E-state index contributed by atoms with van der Waals surface area (Å²) in [5, 5.41) is 20.8. The molecule has 8 heteroatoms. The van der Waals surface area contributed by atoms with Crippen LogP contribution in [0, 0.1) is 0 Å². The van der Waals surface area contributed by atoms with Crippen molar-refractivity contribution < 1.29 is 9.90 Å². The van der Waals surface area contributed by atoms with Gasteiger partial charge in [-0.05, 0) is 29.8 Å². The number of aliphatic carboxylic acids is 1. The molecule has 21 heavy (non-hydrogen) atoms. The highest BCUT2D eigenvalue weighted by Crippen LogP contribution is 2.07. The van der Waals surface area contributed by atoms with Crippen molar-refractivity contribution in [1.29, 1.82) is 0 Å². The third kappa shape index (κ3) is 5.05. The van der Waals surface area contributed by atoms with E-state index in [4.69, 9.17) is 5.11 Å². The maximum Gasteiger partial charge on any atom is 0.317 e. The topological polar surface area (TPSA) is 87.4 Å². The van der Waals surface area contributed by atoms with Crippen LogP contribution in [-0.4, -0.2) is 73.8 Å². The number of nitrogens with zero attached hydrogens (tertiary/aromatic N) is 6. The molecule has 118 valence electrons. The molecule has 1 fully saturated rings. The molecule has 0 saturated carbocycles. The van der Waals surface area contributed by atoms with Crippen molar-refractivity contribution in [3.63, 3.8) is 0 Å². The number of carboxylic acids is 1. The Bertz CT molecular complexity index is 450. The van der Waals surface area contributed by atoms with E-state index >= 15 is 0 Å². The number of hydrogen-bond donors (Lipinski definition) is 1. The van der Waals surface area contributed by atoms with Gasteiger partial charge in [0.1, 0.15) is 0 Å². The van der Waals surface area contributed by atoms with Crippen LogP contribution in [0.5, 0.6) is 0 Å². The van der Waals surface area contributed by atoms with E-state index in [-0.39, 0.29) is 6.54 Å². The average molecular weight is 296 g/mol. The second-order valence-corrected chi connectivity index (χ2v) is 5.47. The van der Waals surface area contributed by atoms with E-state index in [1.165, 1.54) is 0 Å². The first kappa shape index (κ1) is 15.8. The second kappa shape index (κ2) is 8.04. The molecule has 1 N–H and O–H groups in total. The summed E-state index contributed by atoms with van der Waals surface area (Å²) in [6.45, 7) is 7.30. The molecule has 2 rings (SSSR count). The predicted octanol–water partition coefficient (Wildman–Crippen LogP) is 0.0655. The Morgan fingerprint density at radius 1 is 1.24 bits per heavy atom. The van der Waals surface area contributed by atoms with Gasteiger partial charge in [0.2, 0.25) is 0 Å². The van der Waals surface area contributed by atoms with Crippen LogP contribution < -0.4 is 0 Å². The lowest BCUT2D eigenvalue weighted by atomic mass is 10.3. The Balaban J connectivity index is 1.86. The normalized spacial score (nSPS) is 17.8. The molecule has 0 amide bonds. The molecule has 0 unspecified atom stereocenters. The molecule has 0 spiro atoms. The summed E-state index contributed by atoms with van der Waals surface area (Å²) >= 11 is 0. The molecule has 0 atom stereocenters. The zero-order chi connectivity index (χ0) is 15.1. The van der Waals surface area contributed by atoms with Crippen molar-refractivity contribution in [2.75, 3.05) is 32.7 Å². The van der Waals surface area contributed by atoms with Crippen molar-refractivity contribution in [1.82, 2.24) is 30.0 Å². The van der Waals surface area contributed by atoms with Gasteiger partial charge < -0.3 is 5.11 Å². The molecule has 0 radical (unpaired) electrons. The largest absolute Gasteiger partial charge is 0.480 e. The Morgan fingerprint density at radius 3 is 2.76 bits per heavy atom. The Labute approximate surface area is 124 Å². The summed E-state index contributed by atoms with van der Waals surface area (Å²) in [4.78, 5) is 15.1. The molecule has 2 heterocycles. The third-order valence-corrected chi connectivity index (χ3v) is 3.73. The average Bonchev–Trinajstić information content (AvgIpc) is 2.76. The van der Waals surface area contributed by atoms with Gasteiger partial charge in [0.05, 0.1) is 13.1 Å². The molecular formula is C13H24N6O2. The van der Waals surface area contributed by atoms with Crippen LogP contribution in [0.25, 0.3) is 0 Å².